The lowest BCUT2D eigenvalue weighted by molar-refractivity contribution is -0.190. The van der Waals surface area contributed by atoms with E-state index < -0.39 is 11.6 Å². The number of nitrogens with one attached hydrogen (secondary N) is 1. The van der Waals surface area contributed by atoms with Crippen LogP contribution in [0.25, 0.3) is 5.82 Å². The standard InChI is InChI=1S/C30H34F3N5O3S/c1-28(2)18-20-5-4-15-40-21-6-3-7-22(17-21)42-36-27(39)23-8-9-24(34-26(23)37(28)19-20)38-14-10-25(35-38)41-16-13-29(11-12-29)30(31,32)33/h3,6-10,14,17,20H,4-5,11-13,15-16,18-19H2,1-2H3,(H,36,39). The summed E-state index contributed by atoms with van der Waals surface area (Å²) < 4.78 is 55.8. The number of fused-ring (bicyclic) bond motifs is 6. The van der Waals surface area contributed by atoms with Crippen molar-refractivity contribution in [3.63, 3.8) is 0 Å². The molecule has 2 aliphatic heterocycles. The van der Waals surface area contributed by atoms with E-state index >= 15 is 0 Å². The van der Waals surface area contributed by atoms with Crippen molar-refractivity contribution >= 4 is 23.7 Å². The van der Waals surface area contributed by atoms with E-state index in [1.165, 1.54) is 16.6 Å². The van der Waals surface area contributed by atoms with E-state index in [9.17, 15) is 18.0 Å². The normalized spacial score (nSPS) is 21.4. The van der Waals surface area contributed by atoms with Gasteiger partial charge in [0.25, 0.3) is 5.91 Å². The van der Waals surface area contributed by atoms with E-state index in [0.29, 0.717) is 29.7 Å². The van der Waals surface area contributed by atoms with Crippen LogP contribution in [0.1, 0.15) is 62.7 Å². The number of hydrogen-bond acceptors (Lipinski definition) is 7. The Hall–Kier alpha value is -3.41. The summed E-state index contributed by atoms with van der Waals surface area (Å²) in [5.74, 6) is 2.20. The fraction of sp³-hybridized carbons (Fsp3) is 0.500. The zero-order valence-corrected chi connectivity index (χ0v) is 24.4. The number of anilines is 1. The van der Waals surface area contributed by atoms with Crippen LogP contribution in [-0.4, -0.2) is 52.1 Å². The van der Waals surface area contributed by atoms with E-state index in [0.717, 1.165) is 36.5 Å². The molecule has 42 heavy (non-hydrogen) atoms. The molecule has 1 aliphatic carbocycles. The molecule has 3 aliphatic rings. The lowest BCUT2D eigenvalue weighted by atomic mass is 9.93. The topological polar surface area (TPSA) is 81.5 Å². The summed E-state index contributed by atoms with van der Waals surface area (Å²) in [7, 11) is 0. The molecule has 4 bridgehead atoms. The summed E-state index contributed by atoms with van der Waals surface area (Å²) >= 11 is 1.22. The van der Waals surface area contributed by atoms with Crippen LogP contribution < -0.4 is 19.1 Å². The number of alkyl halides is 3. The highest BCUT2D eigenvalue weighted by atomic mass is 32.2. The van der Waals surface area contributed by atoms with Crippen molar-refractivity contribution in [3.05, 3.63) is 54.2 Å². The zero-order valence-electron chi connectivity index (χ0n) is 23.6. The van der Waals surface area contributed by atoms with E-state index in [1.54, 1.807) is 24.4 Å². The molecule has 2 aromatic heterocycles. The average molecular weight is 602 g/mol. The van der Waals surface area contributed by atoms with Crippen molar-refractivity contribution in [2.45, 2.75) is 69.0 Å². The molecule has 1 saturated carbocycles. The summed E-state index contributed by atoms with van der Waals surface area (Å²) in [5.41, 5.74) is -1.40. The maximum atomic E-state index is 13.5. The fourth-order valence-electron chi connectivity index (χ4n) is 5.94. The Kier molecular flexibility index (Phi) is 7.53. The van der Waals surface area contributed by atoms with Gasteiger partial charge in [-0.2, -0.15) is 13.2 Å². The van der Waals surface area contributed by atoms with Gasteiger partial charge in [-0.3, -0.25) is 9.52 Å². The second-order valence-corrected chi connectivity index (χ2v) is 12.9. The molecule has 8 nitrogen and oxygen atoms in total. The molecule has 1 amide bonds. The third-order valence-corrected chi connectivity index (χ3v) is 9.27. The van der Waals surface area contributed by atoms with Gasteiger partial charge in [0, 0.05) is 29.2 Å². The van der Waals surface area contributed by atoms with Crippen molar-refractivity contribution in [3.8, 4) is 17.4 Å². The van der Waals surface area contributed by atoms with Gasteiger partial charge < -0.3 is 14.4 Å². The number of hydrogen-bond donors (Lipinski definition) is 1. The highest BCUT2D eigenvalue weighted by Gasteiger charge is 2.62. The maximum absolute atomic E-state index is 13.5. The zero-order chi connectivity index (χ0) is 29.5. The largest absolute Gasteiger partial charge is 0.494 e. The molecule has 0 radical (unpaired) electrons. The Bertz CT molecular complexity index is 1460. The molecular formula is C30H34F3N5O3S. The first kappa shape index (κ1) is 28.7. The Morgan fingerprint density at radius 1 is 1.19 bits per heavy atom. The number of carbonyl (C=O) groups is 1. The van der Waals surface area contributed by atoms with Gasteiger partial charge in [-0.15, -0.1) is 5.10 Å². The van der Waals surface area contributed by atoms with Crippen molar-refractivity contribution in [2.75, 3.05) is 24.7 Å². The van der Waals surface area contributed by atoms with Crippen molar-refractivity contribution < 1.29 is 27.4 Å². The number of aromatic nitrogens is 3. The van der Waals surface area contributed by atoms with E-state index in [2.05, 4.69) is 28.6 Å². The number of carbonyl (C=O) groups excluding carboxylic acids is 1. The number of amides is 1. The summed E-state index contributed by atoms with van der Waals surface area (Å²) in [4.78, 5) is 21.5. The Morgan fingerprint density at radius 3 is 2.81 bits per heavy atom. The van der Waals surface area contributed by atoms with Crippen LogP contribution in [0.3, 0.4) is 0 Å². The Labute approximate surface area is 247 Å². The van der Waals surface area contributed by atoms with Crippen LogP contribution in [0.2, 0.25) is 0 Å². The second-order valence-electron chi connectivity index (χ2n) is 12.0. The van der Waals surface area contributed by atoms with Gasteiger partial charge in [0.15, 0.2) is 5.82 Å². The minimum absolute atomic E-state index is 0.0662. The third kappa shape index (κ3) is 5.91. The summed E-state index contributed by atoms with van der Waals surface area (Å²) in [5, 5.41) is 4.41. The molecule has 3 aromatic rings. The van der Waals surface area contributed by atoms with Gasteiger partial charge >= 0.3 is 6.18 Å². The van der Waals surface area contributed by atoms with Crippen LogP contribution in [0.5, 0.6) is 11.6 Å². The molecular weight excluding hydrogens is 567 g/mol. The molecule has 224 valence electrons. The fourth-order valence-corrected chi connectivity index (χ4v) is 6.58. The maximum Gasteiger partial charge on any atom is 0.394 e. The molecule has 4 heterocycles. The molecule has 6 rings (SSSR count). The predicted molar refractivity (Wildman–Crippen MR) is 153 cm³/mol. The third-order valence-electron chi connectivity index (χ3n) is 8.50. The average Bonchev–Trinajstić information content (AvgIpc) is 3.50. The van der Waals surface area contributed by atoms with Crippen LogP contribution in [0, 0.1) is 11.3 Å². The first-order valence-corrected chi connectivity index (χ1v) is 15.1. The van der Waals surface area contributed by atoms with Crippen LogP contribution in [0.15, 0.2) is 53.6 Å². The molecule has 1 saturated heterocycles. The Balaban J connectivity index is 1.25. The SMILES string of the molecule is CC1(C)CC2CCCOc3cccc(c3)SNC(=O)c3ccc(-n4ccc(OCCC5(C(F)(F)F)CC5)n4)nc3N1C2. The van der Waals surface area contributed by atoms with Crippen molar-refractivity contribution in [1.82, 2.24) is 19.5 Å². The second kappa shape index (κ2) is 11.0. The van der Waals surface area contributed by atoms with E-state index in [4.69, 9.17) is 14.5 Å². The van der Waals surface area contributed by atoms with Gasteiger partial charge in [-0.05, 0) is 101 Å². The van der Waals surface area contributed by atoms with Crippen LogP contribution >= 0.6 is 11.9 Å². The number of halogens is 3. The molecule has 2 fully saturated rings. The van der Waals surface area contributed by atoms with Crippen LogP contribution in [0.4, 0.5) is 19.0 Å². The smallest absolute Gasteiger partial charge is 0.394 e. The molecule has 0 spiro atoms. The van der Waals surface area contributed by atoms with Gasteiger partial charge in [0.2, 0.25) is 5.88 Å². The van der Waals surface area contributed by atoms with Gasteiger partial charge in [0.05, 0.1) is 24.2 Å². The Morgan fingerprint density at radius 2 is 2.02 bits per heavy atom. The molecule has 12 heteroatoms. The lowest BCUT2D eigenvalue weighted by Gasteiger charge is -2.34. The number of ether oxygens (including phenoxy) is 2. The summed E-state index contributed by atoms with van der Waals surface area (Å²) in [6, 6.07) is 12.7. The number of rotatable bonds is 5. The van der Waals surface area contributed by atoms with Crippen molar-refractivity contribution in [2.24, 2.45) is 11.3 Å². The highest BCUT2D eigenvalue weighted by molar-refractivity contribution is 7.98. The minimum Gasteiger partial charge on any atom is -0.494 e. The minimum atomic E-state index is -4.21. The predicted octanol–water partition coefficient (Wildman–Crippen LogP) is 6.59. The molecule has 1 unspecified atom stereocenters. The molecule has 1 atom stereocenters. The quantitative estimate of drug-likeness (QED) is 0.331. The van der Waals surface area contributed by atoms with E-state index in [-0.39, 0.29) is 43.2 Å². The van der Waals surface area contributed by atoms with Crippen molar-refractivity contribution in [1.29, 1.82) is 0 Å². The van der Waals surface area contributed by atoms with Gasteiger partial charge in [-0.25, -0.2) is 9.67 Å². The number of nitrogens with zero attached hydrogens (tertiary/aromatic N) is 4. The van der Waals surface area contributed by atoms with E-state index in [1.807, 2.05) is 24.3 Å². The van der Waals surface area contributed by atoms with Crippen LogP contribution in [-0.2, 0) is 0 Å². The first-order chi connectivity index (χ1) is 20.0. The summed E-state index contributed by atoms with van der Waals surface area (Å²) in [6.45, 7) is 5.63. The monoisotopic (exact) mass is 601 g/mol. The summed E-state index contributed by atoms with van der Waals surface area (Å²) in [6.07, 6.45) is 0.515. The number of benzene rings is 1. The first-order valence-electron chi connectivity index (χ1n) is 14.3. The molecule has 1 N–H and O–H groups in total. The number of pyridine rings is 1. The highest BCUT2D eigenvalue weighted by Crippen LogP contribution is 2.59. The lowest BCUT2D eigenvalue weighted by Crippen LogP contribution is -2.40. The van der Waals surface area contributed by atoms with Gasteiger partial charge in [-0.1, -0.05) is 6.07 Å². The molecule has 1 aromatic carbocycles. The van der Waals surface area contributed by atoms with Gasteiger partial charge in [0.1, 0.15) is 11.6 Å².